The highest BCUT2D eigenvalue weighted by Gasteiger charge is 2.04. The third-order valence-electron chi connectivity index (χ3n) is 2.09. The molecule has 0 atom stereocenters. The Morgan fingerprint density at radius 2 is 1.94 bits per heavy atom. The van der Waals surface area contributed by atoms with Crippen LogP contribution in [0.15, 0.2) is 34.9 Å². The molecule has 78 valence electrons. The summed E-state index contributed by atoms with van der Waals surface area (Å²) in [5.74, 6) is 0.389. The van der Waals surface area contributed by atoms with Crippen molar-refractivity contribution >= 4 is 21.7 Å². The van der Waals surface area contributed by atoms with Crippen molar-refractivity contribution in [3.05, 3.63) is 34.9 Å². The first kappa shape index (κ1) is 9.34. The molecule has 0 radical (unpaired) electrons. The lowest BCUT2D eigenvalue weighted by Gasteiger charge is -1.99. The highest BCUT2D eigenvalue weighted by molar-refractivity contribution is 9.10. The average molecular weight is 277 g/mol. The molecule has 7 heteroatoms. The highest BCUT2D eigenvalue weighted by Crippen LogP contribution is 2.18. The van der Waals surface area contributed by atoms with Crippen molar-refractivity contribution in [2.75, 3.05) is 0 Å². The van der Waals surface area contributed by atoms with Crippen LogP contribution in [0, 0.1) is 0 Å². The van der Waals surface area contributed by atoms with Gasteiger partial charge in [-0.2, -0.15) is 5.10 Å². The molecule has 0 amide bonds. The number of nitrogens with zero attached hydrogens (tertiary/aromatic N) is 6. The zero-order valence-electron chi connectivity index (χ0n) is 7.95. The van der Waals surface area contributed by atoms with Gasteiger partial charge in [0.15, 0.2) is 0 Å². The van der Waals surface area contributed by atoms with Crippen molar-refractivity contribution in [2.45, 2.75) is 0 Å². The van der Waals surface area contributed by atoms with E-state index in [0.717, 1.165) is 15.7 Å². The van der Waals surface area contributed by atoms with Crippen molar-refractivity contribution in [3.8, 4) is 11.3 Å². The molecule has 1 aromatic carbocycles. The molecule has 0 bridgehead atoms. The SMILES string of the molecule is Brc1ccc(-c2cnn3nnnc3n2)cc1. The monoisotopic (exact) mass is 276 g/mol. The maximum atomic E-state index is 4.28. The number of halogens is 1. The molecule has 3 rings (SSSR count). The van der Waals surface area contributed by atoms with Crippen LogP contribution >= 0.6 is 15.9 Å². The lowest BCUT2D eigenvalue weighted by atomic mass is 10.2. The molecule has 0 aliphatic rings. The number of aromatic nitrogens is 6. The van der Waals surface area contributed by atoms with Crippen molar-refractivity contribution in [3.63, 3.8) is 0 Å². The summed E-state index contributed by atoms with van der Waals surface area (Å²) in [6.45, 7) is 0. The van der Waals surface area contributed by atoms with Crippen LogP contribution in [0.2, 0.25) is 0 Å². The third kappa shape index (κ3) is 1.54. The van der Waals surface area contributed by atoms with Gasteiger partial charge in [-0.25, -0.2) is 4.98 Å². The first-order valence-corrected chi connectivity index (χ1v) is 5.29. The number of hydrogen-bond donors (Lipinski definition) is 0. The minimum atomic E-state index is 0.389. The molecule has 0 saturated heterocycles. The summed E-state index contributed by atoms with van der Waals surface area (Å²) >= 11 is 3.38. The van der Waals surface area contributed by atoms with Gasteiger partial charge in [0.25, 0.3) is 5.78 Å². The fourth-order valence-electron chi connectivity index (χ4n) is 1.33. The van der Waals surface area contributed by atoms with Crippen LogP contribution in [-0.2, 0) is 0 Å². The van der Waals surface area contributed by atoms with Gasteiger partial charge in [-0.1, -0.05) is 37.8 Å². The van der Waals surface area contributed by atoms with Crippen molar-refractivity contribution in [1.82, 2.24) is 30.2 Å². The minimum Gasteiger partial charge on any atom is -0.207 e. The van der Waals surface area contributed by atoms with Crippen LogP contribution in [-0.4, -0.2) is 30.2 Å². The Labute approximate surface area is 98.4 Å². The zero-order valence-corrected chi connectivity index (χ0v) is 9.53. The lowest BCUT2D eigenvalue weighted by Crippen LogP contribution is -1.97. The Bertz CT molecular complexity index is 632. The van der Waals surface area contributed by atoms with Crippen LogP contribution < -0.4 is 0 Å². The summed E-state index contributed by atoms with van der Waals surface area (Å²) in [6.07, 6.45) is 1.63. The van der Waals surface area contributed by atoms with Crippen LogP contribution in [0.4, 0.5) is 0 Å². The van der Waals surface area contributed by atoms with Crippen molar-refractivity contribution < 1.29 is 0 Å². The van der Waals surface area contributed by atoms with Crippen LogP contribution in [0.3, 0.4) is 0 Å². The van der Waals surface area contributed by atoms with E-state index in [4.69, 9.17) is 0 Å². The molecular weight excluding hydrogens is 272 g/mol. The van der Waals surface area contributed by atoms with Crippen molar-refractivity contribution in [2.24, 2.45) is 0 Å². The van der Waals surface area contributed by atoms with Crippen LogP contribution in [0.1, 0.15) is 0 Å². The second-order valence-corrected chi connectivity index (χ2v) is 4.03. The van der Waals surface area contributed by atoms with E-state index >= 15 is 0 Å². The smallest absolute Gasteiger partial charge is 0.207 e. The second-order valence-electron chi connectivity index (χ2n) is 3.12. The molecular formula is C9H5BrN6. The fraction of sp³-hybridized carbons (Fsp3) is 0. The van der Waals surface area contributed by atoms with Gasteiger partial charge in [-0.3, -0.25) is 0 Å². The Kier molecular flexibility index (Phi) is 2.10. The number of tetrazole rings is 1. The topological polar surface area (TPSA) is 68.9 Å². The average Bonchev–Trinajstić information content (AvgIpc) is 2.77. The van der Waals surface area contributed by atoms with E-state index in [9.17, 15) is 0 Å². The fourth-order valence-corrected chi connectivity index (χ4v) is 1.59. The van der Waals surface area contributed by atoms with Gasteiger partial charge < -0.3 is 0 Å². The normalized spacial score (nSPS) is 10.8. The molecule has 3 aromatic rings. The van der Waals surface area contributed by atoms with Gasteiger partial charge in [0, 0.05) is 10.0 Å². The maximum absolute atomic E-state index is 4.28. The predicted octanol–water partition coefficient (Wildman–Crippen LogP) is 1.34. The van der Waals surface area contributed by atoms with Gasteiger partial charge in [0.05, 0.1) is 11.9 Å². The molecule has 6 nitrogen and oxygen atoms in total. The zero-order chi connectivity index (χ0) is 11.0. The van der Waals surface area contributed by atoms with Gasteiger partial charge in [-0.05, 0) is 22.6 Å². The minimum absolute atomic E-state index is 0.389. The predicted molar refractivity (Wildman–Crippen MR) is 59.5 cm³/mol. The van der Waals surface area contributed by atoms with E-state index in [0.29, 0.717) is 5.78 Å². The standard InChI is InChI=1S/C9H5BrN6/c10-7-3-1-6(2-4-7)8-5-11-16-9(12-8)13-14-15-16/h1-5H. The molecule has 16 heavy (non-hydrogen) atoms. The second kappa shape index (κ2) is 3.60. The Hall–Kier alpha value is -1.89. The Balaban J connectivity index is 2.14. The van der Waals surface area contributed by atoms with E-state index in [1.165, 1.54) is 4.63 Å². The summed E-state index contributed by atoms with van der Waals surface area (Å²) in [5, 5.41) is 14.9. The molecule has 0 aliphatic heterocycles. The molecule has 2 aromatic heterocycles. The summed E-state index contributed by atoms with van der Waals surface area (Å²) in [6, 6.07) is 7.80. The van der Waals surface area contributed by atoms with Gasteiger partial charge in [-0.15, -0.1) is 0 Å². The Morgan fingerprint density at radius 1 is 1.12 bits per heavy atom. The Morgan fingerprint density at radius 3 is 2.75 bits per heavy atom. The quantitative estimate of drug-likeness (QED) is 0.671. The molecule has 0 aliphatic carbocycles. The third-order valence-corrected chi connectivity index (χ3v) is 2.62. The van der Waals surface area contributed by atoms with Crippen LogP contribution in [0.5, 0.6) is 0 Å². The van der Waals surface area contributed by atoms with Crippen molar-refractivity contribution in [1.29, 1.82) is 0 Å². The molecule has 0 N–H and O–H groups in total. The summed E-state index contributed by atoms with van der Waals surface area (Å²) in [7, 11) is 0. The molecule has 0 saturated carbocycles. The number of benzene rings is 1. The van der Waals surface area contributed by atoms with E-state index in [-0.39, 0.29) is 0 Å². The first-order chi connectivity index (χ1) is 7.83. The number of rotatable bonds is 1. The first-order valence-electron chi connectivity index (χ1n) is 4.50. The van der Waals surface area contributed by atoms with E-state index in [1.807, 2.05) is 24.3 Å². The van der Waals surface area contributed by atoms with E-state index in [2.05, 4.69) is 41.5 Å². The number of hydrogen-bond acceptors (Lipinski definition) is 5. The summed E-state index contributed by atoms with van der Waals surface area (Å²) < 4.78 is 2.30. The molecule has 2 heterocycles. The largest absolute Gasteiger partial charge is 0.291 e. The number of fused-ring (bicyclic) bond motifs is 1. The lowest BCUT2D eigenvalue weighted by molar-refractivity contribution is 0.726. The van der Waals surface area contributed by atoms with E-state index < -0.39 is 0 Å². The van der Waals surface area contributed by atoms with Gasteiger partial charge in [0.1, 0.15) is 0 Å². The summed E-state index contributed by atoms with van der Waals surface area (Å²) in [5.41, 5.74) is 1.72. The maximum Gasteiger partial charge on any atom is 0.291 e. The molecule has 0 unspecified atom stereocenters. The van der Waals surface area contributed by atoms with Gasteiger partial charge >= 0.3 is 0 Å². The van der Waals surface area contributed by atoms with Crippen LogP contribution in [0.25, 0.3) is 17.0 Å². The van der Waals surface area contributed by atoms with E-state index in [1.54, 1.807) is 6.20 Å². The van der Waals surface area contributed by atoms with Gasteiger partial charge in [0.2, 0.25) is 0 Å². The summed E-state index contributed by atoms with van der Waals surface area (Å²) in [4.78, 5) is 4.28. The molecule has 0 fully saturated rings. The highest BCUT2D eigenvalue weighted by atomic mass is 79.9. The molecule has 0 spiro atoms.